The molecule has 0 saturated carbocycles. The first-order valence-corrected chi connectivity index (χ1v) is 18.9. The van der Waals surface area contributed by atoms with E-state index < -0.39 is 0 Å². The monoisotopic (exact) mass is 686 g/mol. The van der Waals surface area contributed by atoms with Crippen LogP contribution in [0.4, 0.5) is 0 Å². The lowest BCUT2D eigenvalue weighted by molar-refractivity contribution is -0.137. The van der Waals surface area contributed by atoms with Gasteiger partial charge < -0.3 is 36.6 Å². The zero-order valence-electron chi connectivity index (χ0n) is 28.5. The lowest BCUT2D eigenvalue weighted by atomic mass is 10.7. The Hall–Kier alpha value is 0.490. The topological polar surface area (TPSA) is 116 Å². The van der Waals surface area contributed by atoms with Gasteiger partial charge in [0.15, 0.2) is 0 Å². The number of ether oxygens (including phenoxy) is 1. The molecule has 0 rings (SSSR count). The summed E-state index contributed by atoms with van der Waals surface area (Å²) >= 11 is 13.0. The van der Waals surface area contributed by atoms with Crippen LogP contribution in [0.3, 0.4) is 0 Å². The first-order chi connectivity index (χ1) is 19.7. The predicted molar refractivity (Wildman–Crippen MR) is 204 cm³/mol. The van der Waals surface area contributed by atoms with E-state index in [9.17, 15) is 9.59 Å². The average Bonchev–Trinajstić information content (AvgIpc) is 3.01. The maximum absolute atomic E-state index is 10.6. The molecule has 0 unspecified atom stereocenters. The number of nitrogens with one attached hydrogen (secondary N) is 6. The maximum Gasteiger partial charge on any atom is 0.315 e. The second-order valence-corrected chi connectivity index (χ2v) is 11.7. The van der Waals surface area contributed by atoms with Crippen LogP contribution in [0.15, 0.2) is 0 Å². The van der Waals surface area contributed by atoms with Crippen LogP contribution in [0, 0.1) is 0 Å². The lowest BCUT2D eigenvalue weighted by Crippen LogP contribution is -2.21. The molecule has 0 aromatic carbocycles. The molecule has 0 saturated heterocycles. The Kier molecular flexibility index (Phi) is 101. The summed E-state index contributed by atoms with van der Waals surface area (Å²) in [6, 6.07) is 0. The molecule has 1 amide bonds. The van der Waals surface area contributed by atoms with Crippen molar-refractivity contribution in [3.8, 4) is 0 Å². The first kappa shape index (κ1) is 57.2. The van der Waals surface area contributed by atoms with Gasteiger partial charge in [0.2, 0.25) is 5.91 Å². The molecule has 0 radical (unpaired) electrons. The Labute approximate surface area is 280 Å². The average molecular weight is 687 g/mol. The number of amides is 1. The summed E-state index contributed by atoms with van der Waals surface area (Å²) in [7, 11) is 12.7. The minimum atomic E-state index is -0.293. The van der Waals surface area contributed by atoms with Gasteiger partial charge >= 0.3 is 5.97 Å². The summed E-state index contributed by atoms with van der Waals surface area (Å²) in [5, 5.41) is 17.6. The van der Waals surface area contributed by atoms with Crippen molar-refractivity contribution in [1.82, 2.24) is 31.9 Å². The number of carbonyl (C=O) groups is 2. The summed E-state index contributed by atoms with van der Waals surface area (Å²) < 4.78 is 4.18. The van der Waals surface area contributed by atoms with Gasteiger partial charge in [0.25, 0.3) is 0 Å². The van der Waals surface area contributed by atoms with Gasteiger partial charge in [-0.15, -0.1) is 0 Å². The molecule has 0 heterocycles. The van der Waals surface area contributed by atoms with E-state index in [0.29, 0.717) is 5.75 Å². The van der Waals surface area contributed by atoms with Gasteiger partial charge in [0, 0.05) is 43.9 Å². The van der Waals surface area contributed by atoms with Gasteiger partial charge in [-0.2, -0.15) is 60.5 Å². The van der Waals surface area contributed by atoms with Crippen molar-refractivity contribution in [2.24, 2.45) is 0 Å². The van der Waals surface area contributed by atoms with E-state index in [1.54, 1.807) is 18.8 Å². The fourth-order valence-corrected chi connectivity index (χ4v) is 3.34. The molecule has 14 heteroatoms. The van der Waals surface area contributed by atoms with Gasteiger partial charge in [0.05, 0.1) is 18.6 Å². The molecule has 9 nitrogen and oxygen atoms in total. The first-order valence-electron chi connectivity index (χ1n) is 14.1. The predicted octanol–water partition coefficient (Wildman–Crippen LogP) is 3.08. The van der Waals surface area contributed by atoms with E-state index in [2.05, 4.69) is 89.6 Å². The van der Waals surface area contributed by atoms with Crippen molar-refractivity contribution in [3.05, 3.63) is 0 Å². The Morgan fingerprint density at radius 2 is 0.951 bits per heavy atom. The Morgan fingerprint density at radius 1 is 0.634 bits per heavy atom. The van der Waals surface area contributed by atoms with E-state index in [0.717, 1.165) is 44.2 Å². The molecule has 0 bridgehead atoms. The van der Waals surface area contributed by atoms with E-state index in [-0.39, 0.29) is 17.6 Å². The van der Waals surface area contributed by atoms with E-state index >= 15 is 0 Å². The SMILES string of the molecule is CCNC.CCNC.CCS.CCSCCNC.CCSCCNC.CNCCSCC(=O)NC.COC(=O)CS. The number of hydrogen-bond donors (Lipinski definition) is 8. The molecule has 0 spiro atoms. The summed E-state index contributed by atoms with van der Waals surface area (Å²) in [4.78, 5) is 20.5. The van der Waals surface area contributed by atoms with Gasteiger partial charge in [-0.25, -0.2) is 0 Å². The van der Waals surface area contributed by atoms with Crippen molar-refractivity contribution in [1.29, 1.82) is 0 Å². The molecule has 0 aliphatic carbocycles. The molecular weight excluding hydrogens is 617 g/mol. The van der Waals surface area contributed by atoms with Gasteiger partial charge in [-0.05, 0) is 65.6 Å². The number of rotatable bonds is 16. The van der Waals surface area contributed by atoms with E-state index in [1.807, 2.05) is 65.7 Å². The molecule has 0 aromatic rings. The van der Waals surface area contributed by atoms with Crippen LogP contribution < -0.4 is 31.9 Å². The van der Waals surface area contributed by atoms with Crippen LogP contribution in [0.2, 0.25) is 0 Å². The van der Waals surface area contributed by atoms with Crippen LogP contribution in [0.1, 0.15) is 34.6 Å². The highest BCUT2D eigenvalue weighted by atomic mass is 32.2. The van der Waals surface area contributed by atoms with Crippen LogP contribution >= 0.6 is 60.5 Å². The summed E-state index contributed by atoms with van der Waals surface area (Å²) in [6.07, 6.45) is 0. The number of thioether (sulfide) groups is 3. The van der Waals surface area contributed by atoms with Gasteiger partial charge in [-0.3, -0.25) is 9.59 Å². The quantitative estimate of drug-likeness (QED) is 0.0697. The smallest absolute Gasteiger partial charge is 0.315 e. The highest BCUT2D eigenvalue weighted by Crippen LogP contribution is 1.96. The van der Waals surface area contributed by atoms with Crippen molar-refractivity contribution < 1.29 is 14.3 Å². The second kappa shape index (κ2) is 72.6. The molecule has 256 valence electrons. The molecule has 6 N–H and O–H groups in total. The zero-order chi connectivity index (χ0) is 33.4. The van der Waals surface area contributed by atoms with Crippen LogP contribution in [0.5, 0.6) is 0 Å². The summed E-state index contributed by atoms with van der Waals surface area (Å²) in [6.45, 7) is 15.9. The van der Waals surface area contributed by atoms with Gasteiger partial charge in [-0.1, -0.05) is 34.6 Å². The molecule has 0 fully saturated rings. The highest BCUT2D eigenvalue weighted by Gasteiger charge is 1.95. The molecule has 0 atom stereocenters. The number of esters is 1. The standard InChI is InChI=1S/C6H14N2OS.2C5H13NS.2C3H9N.C3H6O2S.C2H6S/c1-7-3-4-10-5-6(9)8-2;2*1-3-7-5-4-6-2;2*1-3-4-2;1-5-3(4)2-6;1-2-3/h7H,3-5H2,1-2H3,(H,8,9);2*6H,3-5H2,1-2H3;2*4H,3H2,1-2H3;6H,2H2,1H3;3H,2H2,1H3. The molecule has 0 aliphatic heterocycles. The Morgan fingerprint density at radius 3 is 1.12 bits per heavy atom. The number of thiol groups is 2. The van der Waals surface area contributed by atoms with Gasteiger partial charge in [0.1, 0.15) is 0 Å². The minimum absolute atomic E-state index is 0.0982. The summed E-state index contributed by atoms with van der Waals surface area (Å²) in [5.41, 5.74) is 0. The third kappa shape index (κ3) is 119. The van der Waals surface area contributed by atoms with Crippen molar-refractivity contribution in [3.63, 3.8) is 0 Å². The maximum atomic E-state index is 10.6. The lowest BCUT2D eigenvalue weighted by Gasteiger charge is -1.98. The van der Waals surface area contributed by atoms with E-state index in [1.165, 1.54) is 30.1 Å². The fourth-order valence-electron chi connectivity index (χ4n) is 1.11. The van der Waals surface area contributed by atoms with Crippen LogP contribution in [-0.2, 0) is 14.3 Å². The Balaban J connectivity index is -0.0000000681. The molecule has 41 heavy (non-hydrogen) atoms. The number of hydrogen-bond acceptors (Lipinski definition) is 13. The zero-order valence-corrected chi connectivity index (χ0v) is 32.8. The largest absolute Gasteiger partial charge is 0.468 e. The van der Waals surface area contributed by atoms with Crippen LogP contribution in [-0.4, -0.2) is 140 Å². The summed E-state index contributed by atoms with van der Waals surface area (Å²) in [5.74, 6) is 7.43. The van der Waals surface area contributed by atoms with Crippen molar-refractivity contribution in [2.45, 2.75) is 34.6 Å². The van der Waals surface area contributed by atoms with Crippen LogP contribution in [0.25, 0.3) is 0 Å². The number of carbonyl (C=O) groups excluding carboxylic acids is 2. The number of methoxy groups -OCH3 is 1. The minimum Gasteiger partial charge on any atom is -0.468 e. The molecule has 0 aromatic heterocycles. The molecular formula is C27H70N6O3S5. The normalized spacial score (nSPS) is 8.54. The Bertz CT molecular complexity index is 378. The van der Waals surface area contributed by atoms with E-state index in [4.69, 9.17) is 0 Å². The third-order valence-corrected chi connectivity index (χ3v) is 6.49. The fraction of sp³-hybridized carbons (Fsp3) is 0.926. The second-order valence-electron chi connectivity index (χ2n) is 6.89. The molecule has 0 aliphatic rings. The highest BCUT2D eigenvalue weighted by molar-refractivity contribution is 8.00. The van der Waals surface area contributed by atoms with Crippen molar-refractivity contribution >= 4 is 72.4 Å². The third-order valence-electron chi connectivity index (χ3n) is 3.47. The van der Waals surface area contributed by atoms with Crippen molar-refractivity contribution in [2.75, 3.05) is 128 Å².